The molecule has 0 unspecified atom stereocenters. The normalized spacial score (nSPS) is 18.3. The molecule has 2 heterocycles. The lowest BCUT2D eigenvalue weighted by Crippen LogP contribution is -2.36. The summed E-state index contributed by atoms with van der Waals surface area (Å²) in [6.45, 7) is 0.599. The first-order valence-electron chi connectivity index (χ1n) is 8.61. The van der Waals surface area contributed by atoms with Crippen LogP contribution in [-0.2, 0) is 16.8 Å². The summed E-state index contributed by atoms with van der Waals surface area (Å²) in [5, 5.41) is 0. The van der Waals surface area contributed by atoms with Crippen molar-refractivity contribution in [1.82, 2.24) is 9.88 Å². The molecule has 0 saturated heterocycles. The Bertz CT molecular complexity index is 826. The molecule has 5 heteroatoms. The molecule has 0 N–H and O–H groups in total. The molecule has 5 nitrogen and oxygen atoms in total. The lowest BCUT2D eigenvalue weighted by atomic mass is 9.80. The molecule has 2 aliphatic rings. The van der Waals surface area contributed by atoms with Crippen LogP contribution in [0.2, 0.25) is 0 Å². The van der Waals surface area contributed by atoms with Crippen molar-refractivity contribution in [2.45, 2.75) is 37.6 Å². The van der Waals surface area contributed by atoms with Gasteiger partial charge in [0, 0.05) is 31.5 Å². The van der Waals surface area contributed by atoms with Crippen molar-refractivity contribution in [2.75, 3.05) is 7.05 Å². The minimum Gasteiger partial charge on any atom is -0.426 e. The van der Waals surface area contributed by atoms with Crippen LogP contribution >= 0.6 is 0 Å². The van der Waals surface area contributed by atoms with E-state index in [0.717, 1.165) is 36.8 Å². The Labute approximate surface area is 146 Å². The number of fused-ring (bicyclic) bond motifs is 1. The maximum Gasteiger partial charge on any atom is 0.322 e. The van der Waals surface area contributed by atoms with Gasteiger partial charge in [0.25, 0.3) is 5.91 Å². The van der Waals surface area contributed by atoms with Gasteiger partial charge in [0.2, 0.25) is 0 Å². The summed E-state index contributed by atoms with van der Waals surface area (Å²) in [6, 6.07) is 9.12. The number of rotatable bonds is 3. The summed E-state index contributed by atoms with van der Waals surface area (Å²) < 4.78 is 5.73. The average molecular weight is 336 g/mol. The number of benzene rings is 1. The first-order valence-corrected chi connectivity index (χ1v) is 8.61. The Hall–Kier alpha value is -2.69. The Morgan fingerprint density at radius 2 is 2.04 bits per heavy atom. The largest absolute Gasteiger partial charge is 0.426 e. The topological polar surface area (TPSA) is 59.5 Å². The van der Waals surface area contributed by atoms with E-state index in [-0.39, 0.29) is 11.9 Å². The van der Waals surface area contributed by atoms with Gasteiger partial charge in [0.05, 0.1) is 5.41 Å². The minimum absolute atomic E-state index is 0.0317. The summed E-state index contributed by atoms with van der Waals surface area (Å²) >= 11 is 0. The van der Waals surface area contributed by atoms with E-state index in [1.165, 1.54) is 0 Å². The van der Waals surface area contributed by atoms with Gasteiger partial charge in [-0.3, -0.25) is 14.6 Å². The van der Waals surface area contributed by atoms with E-state index in [2.05, 4.69) is 4.98 Å². The number of pyridine rings is 1. The lowest BCUT2D eigenvalue weighted by Gasteiger charge is -2.26. The lowest BCUT2D eigenvalue weighted by molar-refractivity contribution is -0.140. The van der Waals surface area contributed by atoms with E-state index < -0.39 is 5.41 Å². The second-order valence-electron chi connectivity index (χ2n) is 6.90. The van der Waals surface area contributed by atoms with Gasteiger partial charge in [-0.1, -0.05) is 25.0 Å². The number of nitrogens with zero attached hydrogens (tertiary/aromatic N) is 2. The highest BCUT2D eigenvalue weighted by molar-refractivity contribution is 5.98. The number of hydrogen-bond donors (Lipinski definition) is 0. The number of carbonyl (C=O) groups excluding carboxylic acids is 2. The van der Waals surface area contributed by atoms with Gasteiger partial charge in [0.1, 0.15) is 5.75 Å². The third-order valence-corrected chi connectivity index (χ3v) is 5.34. The van der Waals surface area contributed by atoms with Gasteiger partial charge in [0.15, 0.2) is 0 Å². The van der Waals surface area contributed by atoms with Gasteiger partial charge in [-0.05, 0) is 42.2 Å². The summed E-state index contributed by atoms with van der Waals surface area (Å²) in [5.74, 6) is 0.148. The molecule has 2 aromatic rings. The highest BCUT2D eigenvalue weighted by Gasteiger charge is 2.44. The molecule has 0 spiro atoms. The average Bonchev–Trinajstić information content (AvgIpc) is 3.23. The standard InChI is InChI=1S/C20H20N2O3/c1-22-13-14-6-7-16(11-17(14)18(22)23)25-19(24)20(8-2-3-9-20)15-5-4-10-21-12-15/h4-7,10-12H,2-3,8-9,13H2,1H3. The van der Waals surface area contributed by atoms with Crippen molar-refractivity contribution in [3.63, 3.8) is 0 Å². The van der Waals surface area contributed by atoms with Crippen molar-refractivity contribution < 1.29 is 14.3 Å². The molecule has 0 bridgehead atoms. The van der Waals surface area contributed by atoms with Crippen molar-refractivity contribution in [1.29, 1.82) is 0 Å². The summed E-state index contributed by atoms with van der Waals surface area (Å²) in [6.07, 6.45) is 7.00. The van der Waals surface area contributed by atoms with E-state index >= 15 is 0 Å². The van der Waals surface area contributed by atoms with Gasteiger partial charge in [-0.2, -0.15) is 0 Å². The van der Waals surface area contributed by atoms with Crippen LogP contribution in [0, 0.1) is 0 Å². The van der Waals surface area contributed by atoms with Crippen LogP contribution in [0.1, 0.15) is 47.2 Å². The third-order valence-electron chi connectivity index (χ3n) is 5.34. The SMILES string of the molecule is CN1Cc2ccc(OC(=O)C3(c4cccnc4)CCCC3)cc2C1=O. The Balaban J connectivity index is 1.62. The molecule has 1 aromatic carbocycles. The van der Waals surface area contributed by atoms with Gasteiger partial charge >= 0.3 is 5.97 Å². The molecular formula is C20H20N2O3. The van der Waals surface area contributed by atoms with Crippen molar-refractivity contribution >= 4 is 11.9 Å². The quantitative estimate of drug-likeness (QED) is 0.638. The first-order chi connectivity index (χ1) is 12.1. The van der Waals surface area contributed by atoms with E-state index in [4.69, 9.17) is 4.74 Å². The second kappa shape index (κ2) is 5.99. The Morgan fingerprint density at radius 1 is 1.24 bits per heavy atom. The fourth-order valence-corrected chi connectivity index (χ4v) is 3.93. The van der Waals surface area contributed by atoms with Crippen molar-refractivity contribution in [3.05, 3.63) is 59.4 Å². The highest BCUT2D eigenvalue weighted by atomic mass is 16.5. The number of esters is 1. The van der Waals surface area contributed by atoms with Gasteiger partial charge < -0.3 is 9.64 Å². The number of aromatic nitrogens is 1. The molecule has 128 valence electrons. The highest BCUT2D eigenvalue weighted by Crippen LogP contribution is 2.42. The number of hydrogen-bond acceptors (Lipinski definition) is 4. The van der Waals surface area contributed by atoms with E-state index in [1.54, 1.807) is 36.5 Å². The molecule has 1 fully saturated rings. The van der Waals surface area contributed by atoms with Crippen LogP contribution in [0.15, 0.2) is 42.7 Å². The second-order valence-corrected chi connectivity index (χ2v) is 6.90. The Morgan fingerprint density at radius 3 is 2.76 bits per heavy atom. The predicted octanol–water partition coefficient (Wildman–Crippen LogP) is 3.08. The number of carbonyl (C=O) groups is 2. The molecule has 1 aromatic heterocycles. The fourth-order valence-electron chi connectivity index (χ4n) is 3.93. The van der Waals surface area contributed by atoms with Crippen LogP contribution in [0.5, 0.6) is 5.75 Å². The van der Waals surface area contributed by atoms with Crippen LogP contribution in [0.25, 0.3) is 0 Å². The molecule has 1 saturated carbocycles. The van der Waals surface area contributed by atoms with Gasteiger partial charge in [-0.15, -0.1) is 0 Å². The Kier molecular flexibility index (Phi) is 3.79. The molecule has 4 rings (SSSR count). The third kappa shape index (κ3) is 2.60. The molecule has 1 aliphatic carbocycles. The monoisotopic (exact) mass is 336 g/mol. The molecular weight excluding hydrogens is 316 g/mol. The summed E-state index contributed by atoms with van der Waals surface area (Å²) in [5.41, 5.74) is 1.87. The number of amides is 1. The van der Waals surface area contributed by atoms with Gasteiger partial charge in [-0.25, -0.2) is 0 Å². The molecule has 0 radical (unpaired) electrons. The minimum atomic E-state index is -0.631. The molecule has 0 atom stereocenters. The van der Waals surface area contributed by atoms with Crippen LogP contribution in [0.4, 0.5) is 0 Å². The zero-order chi connectivity index (χ0) is 17.4. The summed E-state index contributed by atoms with van der Waals surface area (Å²) in [7, 11) is 1.77. The van der Waals surface area contributed by atoms with Crippen molar-refractivity contribution in [2.24, 2.45) is 0 Å². The molecule has 1 amide bonds. The molecule has 25 heavy (non-hydrogen) atoms. The zero-order valence-electron chi connectivity index (χ0n) is 14.2. The first kappa shape index (κ1) is 15.8. The predicted molar refractivity (Wildman–Crippen MR) is 92.3 cm³/mol. The smallest absolute Gasteiger partial charge is 0.322 e. The maximum absolute atomic E-state index is 13.0. The fraction of sp³-hybridized carbons (Fsp3) is 0.350. The van der Waals surface area contributed by atoms with E-state index in [0.29, 0.717) is 17.9 Å². The van der Waals surface area contributed by atoms with Crippen molar-refractivity contribution in [3.8, 4) is 5.75 Å². The summed E-state index contributed by atoms with van der Waals surface area (Å²) in [4.78, 5) is 31.0. The molecule has 1 aliphatic heterocycles. The van der Waals surface area contributed by atoms with Crippen LogP contribution < -0.4 is 4.74 Å². The maximum atomic E-state index is 13.0. The van der Waals surface area contributed by atoms with E-state index in [1.807, 2.05) is 18.2 Å². The zero-order valence-corrected chi connectivity index (χ0v) is 14.2. The van der Waals surface area contributed by atoms with E-state index in [9.17, 15) is 9.59 Å². The van der Waals surface area contributed by atoms with Crippen LogP contribution in [-0.4, -0.2) is 28.8 Å². The number of ether oxygens (including phenoxy) is 1. The van der Waals surface area contributed by atoms with Crippen LogP contribution in [0.3, 0.4) is 0 Å².